The van der Waals surface area contributed by atoms with Gasteiger partial charge in [-0.15, -0.1) is 0 Å². The first-order valence-corrected chi connectivity index (χ1v) is 7.70. The van der Waals surface area contributed by atoms with Crippen molar-refractivity contribution in [1.82, 2.24) is 0 Å². The summed E-state index contributed by atoms with van der Waals surface area (Å²) >= 11 is 0. The van der Waals surface area contributed by atoms with E-state index in [-0.39, 0.29) is 12.2 Å². The Labute approximate surface area is 123 Å². The van der Waals surface area contributed by atoms with Crippen LogP contribution in [0.4, 0.5) is 0 Å². The summed E-state index contributed by atoms with van der Waals surface area (Å²) in [6, 6.07) is 7.96. The molecule has 0 spiro atoms. The van der Waals surface area contributed by atoms with Gasteiger partial charge in [-0.1, -0.05) is 44.7 Å². The number of nitrogens with two attached hydrogens (primary N) is 1. The van der Waals surface area contributed by atoms with Crippen LogP contribution < -0.4 is 10.5 Å². The van der Waals surface area contributed by atoms with Gasteiger partial charge in [-0.2, -0.15) is 0 Å². The van der Waals surface area contributed by atoms with Crippen molar-refractivity contribution >= 4 is 0 Å². The second kappa shape index (κ2) is 9.78. The van der Waals surface area contributed by atoms with Crippen LogP contribution in [0.15, 0.2) is 24.3 Å². The van der Waals surface area contributed by atoms with Crippen LogP contribution >= 0.6 is 0 Å². The molecule has 0 saturated heterocycles. The Morgan fingerprint density at radius 1 is 1.10 bits per heavy atom. The van der Waals surface area contributed by atoms with Crippen molar-refractivity contribution in [2.45, 2.75) is 58.2 Å². The molecule has 0 aliphatic carbocycles. The van der Waals surface area contributed by atoms with Crippen molar-refractivity contribution in [1.29, 1.82) is 0 Å². The highest BCUT2D eigenvalue weighted by Crippen LogP contribution is 2.22. The lowest BCUT2D eigenvalue weighted by molar-refractivity contribution is -0.00375. The molecule has 0 aliphatic heterocycles. The fraction of sp³-hybridized carbons (Fsp3) is 0.647. The molecular weight excluding hydrogens is 250 g/mol. The van der Waals surface area contributed by atoms with E-state index < -0.39 is 0 Å². The van der Waals surface area contributed by atoms with Gasteiger partial charge in [0.2, 0.25) is 0 Å². The summed E-state index contributed by atoms with van der Waals surface area (Å²) < 4.78 is 11.2. The van der Waals surface area contributed by atoms with E-state index in [1.165, 1.54) is 25.7 Å². The smallest absolute Gasteiger partial charge is 0.118 e. The molecule has 1 aromatic carbocycles. The molecule has 0 bridgehead atoms. The number of unbranched alkanes of at least 4 members (excludes halogenated alkanes) is 3. The normalized spacial score (nSPS) is 14.0. The van der Waals surface area contributed by atoms with Gasteiger partial charge in [0.05, 0.1) is 19.3 Å². The fourth-order valence-electron chi connectivity index (χ4n) is 2.30. The second-order valence-electron chi connectivity index (χ2n) is 5.29. The van der Waals surface area contributed by atoms with Crippen LogP contribution in [0.3, 0.4) is 0 Å². The van der Waals surface area contributed by atoms with Crippen molar-refractivity contribution in [2.24, 2.45) is 5.73 Å². The van der Waals surface area contributed by atoms with E-state index in [4.69, 9.17) is 15.2 Å². The zero-order valence-corrected chi connectivity index (χ0v) is 13.1. The van der Waals surface area contributed by atoms with Gasteiger partial charge in [-0.25, -0.2) is 0 Å². The van der Waals surface area contributed by atoms with Crippen molar-refractivity contribution in [2.75, 3.05) is 13.7 Å². The molecule has 0 saturated carbocycles. The summed E-state index contributed by atoms with van der Waals surface area (Å²) in [5.41, 5.74) is 6.96. The number of rotatable bonds is 10. The van der Waals surface area contributed by atoms with E-state index in [2.05, 4.69) is 13.8 Å². The first-order chi connectivity index (χ1) is 9.71. The Morgan fingerprint density at radius 2 is 1.80 bits per heavy atom. The summed E-state index contributed by atoms with van der Waals surface area (Å²) in [6.45, 7) is 4.87. The van der Waals surface area contributed by atoms with Crippen LogP contribution in [0.1, 0.15) is 57.6 Å². The molecule has 20 heavy (non-hydrogen) atoms. The quantitative estimate of drug-likeness (QED) is 0.657. The Kier molecular flexibility index (Phi) is 8.31. The standard InChI is InChI=1S/C17H29NO2/c1-4-5-6-7-8-14(2)20-17(13-18)15-9-11-16(19-3)12-10-15/h9-12,14,17H,4-8,13,18H2,1-3H3. The minimum absolute atomic E-state index is 0.0259. The van der Waals surface area contributed by atoms with E-state index in [9.17, 15) is 0 Å². The number of methoxy groups -OCH3 is 1. The highest BCUT2D eigenvalue weighted by Gasteiger charge is 2.14. The van der Waals surface area contributed by atoms with Crippen LogP contribution in [-0.2, 0) is 4.74 Å². The lowest BCUT2D eigenvalue weighted by Gasteiger charge is -2.22. The Bertz CT molecular complexity index is 351. The van der Waals surface area contributed by atoms with Gasteiger partial charge in [-0.3, -0.25) is 0 Å². The second-order valence-corrected chi connectivity index (χ2v) is 5.29. The fourth-order valence-corrected chi connectivity index (χ4v) is 2.30. The third-order valence-electron chi connectivity index (χ3n) is 3.56. The molecule has 1 aromatic rings. The van der Waals surface area contributed by atoms with Crippen LogP contribution in [-0.4, -0.2) is 19.8 Å². The van der Waals surface area contributed by atoms with E-state index >= 15 is 0 Å². The lowest BCUT2D eigenvalue weighted by atomic mass is 10.1. The maximum absolute atomic E-state index is 6.07. The Hall–Kier alpha value is -1.06. The lowest BCUT2D eigenvalue weighted by Crippen LogP contribution is -2.21. The number of ether oxygens (including phenoxy) is 2. The molecule has 2 N–H and O–H groups in total. The SMILES string of the molecule is CCCCCCC(C)OC(CN)c1ccc(OC)cc1. The summed E-state index contributed by atoms with van der Waals surface area (Å²) in [6.07, 6.45) is 6.43. The monoisotopic (exact) mass is 279 g/mol. The molecule has 3 nitrogen and oxygen atoms in total. The zero-order chi connectivity index (χ0) is 14.8. The molecule has 0 aliphatic rings. The minimum Gasteiger partial charge on any atom is -0.497 e. The van der Waals surface area contributed by atoms with Crippen LogP contribution in [0.25, 0.3) is 0 Å². The molecule has 114 valence electrons. The Balaban J connectivity index is 2.44. The first kappa shape index (κ1) is 17.0. The van der Waals surface area contributed by atoms with Crippen molar-refractivity contribution < 1.29 is 9.47 Å². The summed E-state index contributed by atoms with van der Waals surface area (Å²) in [7, 11) is 1.67. The molecule has 3 heteroatoms. The van der Waals surface area contributed by atoms with Gasteiger partial charge in [-0.05, 0) is 31.0 Å². The highest BCUT2D eigenvalue weighted by molar-refractivity contribution is 5.28. The van der Waals surface area contributed by atoms with E-state index in [0.29, 0.717) is 6.54 Å². The van der Waals surface area contributed by atoms with Crippen molar-refractivity contribution in [3.05, 3.63) is 29.8 Å². The average molecular weight is 279 g/mol. The maximum Gasteiger partial charge on any atom is 0.118 e. The summed E-state index contributed by atoms with van der Waals surface area (Å²) in [5, 5.41) is 0. The van der Waals surface area contributed by atoms with Crippen LogP contribution in [0.5, 0.6) is 5.75 Å². The first-order valence-electron chi connectivity index (χ1n) is 7.70. The summed E-state index contributed by atoms with van der Waals surface area (Å²) in [4.78, 5) is 0. The predicted octanol–water partition coefficient (Wildman–Crippen LogP) is 4.07. The molecule has 0 heterocycles. The number of benzene rings is 1. The van der Waals surface area contributed by atoms with E-state index in [1.54, 1.807) is 7.11 Å². The van der Waals surface area contributed by atoms with Gasteiger partial charge >= 0.3 is 0 Å². The van der Waals surface area contributed by atoms with E-state index in [0.717, 1.165) is 17.7 Å². The van der Waals surface area contributed by atoms with Gasteiger partial charge in [0, 0.05) is 6.54 Å². The zero-order valence-electron chi connectivity index (χ0n) is 13.1. The summed E-state index contributed by atoms with van der Waals surface area (Å²) in [5.74, 6) is 0.858. The highest BCUT2D eigenvalue weighted by atomic mass is 16.5. The van der Waals surface area contributed by atoms with Crippen LogP contribution in [0, 0.1) is 0 Å². The van der Waals surface area contributed by atoms with Gasteiger partial charge in [0.25, 0.3) is 0 Å². The Morgan fingerprint density at radius 3 is 2.35 bits per heavy atom. The molecular formula is C17H29NO2. The van der Waals surface area contributed by atoms with Crippen molar-refractivity contribution in [3.63, 3.8) is 0 Å². The van der Waals surface area contributed by atoms with Gasteiger partial charge in [0.15, 0.2) is 0 Å². The topological polar surface area (TPSA) is 44.5 Å². The molecule has 2 atom stereocenters. The van der Waals surface area contributed by atoms with Crippen LogP contribution in [0.2, 0.25) is 0 Å². The third kappa shape index (κ3) is 5.93. The predicted molar refractivity (Wildman–Crippen MR) is 84.1 cm³/mol. The molecule has 0 radical (unpaired) electrons. The largest absolute Gasteiger partial charge is 0.497 e. The van der Waals surface area contributed by atoms with Gasteiger partial charge in [0.1, 0.15) is 5.75 Å². The molecule has 0 fully saturated rings. The molecule has 1 rings (SSSR count). The molecule has 0 amide bonds. The minimum atomic E-state index is -0.0259. The van der Waals surface area contributed by atoms with E-state index in [1.807, 2.05) is 24.3 Å². The number of hydrogen-bond acceptors (Lipinski definition) is 3. The van der Waals surface area contributed by atoms with Crippen molar-refractivity contribution in [3.8, 4) is 5.75 Å². The maximum atomic E-state index is 6.07. The average Bonchev–Trinajstić information content (AvgIpc) is 2.49. The number of hydrogen-bond donors (Lipinski definition) is 1. The van der Waals surface area contributed by atoms with Gasteiger partial charge < -0.3 is 15.2 Å². The molecule has 2 unspecified atom stereocenters. The third-order valence-corrected chi connectivity index (χ3v) is 3.56. The molecule has 0 aromatic heterocycles.